The minimum Gasteiger partial charge on any atom is -0.338 e. The van der Waals surface area contributed by atoms with Crippen molar-refractivity contribution in [3.8, 4) is 0 Å². The Kier molecular flexibility index (Phi) is 4.92. The van der Waals surface area contributed by atoms with Gasteiger partial charge in [0.1, 0.15) is 0 Å². The van der Waals surface area contributed by atoms with Gasteiger partial charge in [0.05, 0.1) is 0 Å². The normalized spacial score (nSPS) is 14.4. The molecule has 2 aromatic rings. The monoisotopic (exact) mass is 329 g/mol. The van der Waals surface area contributed by atoms with Crippen LogP contribution in [0.25, 0.3) is 0 Å². The summed E-state index contributed by atoms with van der Waals surface area (Å²) in [6.45, 7) is 1.45. The van der Waals surface area contributed by atoms with Gasteiger partial charge in [-0.15, -0.1) is 11.3 Å². The number of urea groups is 1. The zero-order valence-corrected chi connectivity index (χ0v) is 13.6. The first kappa shape index (κ1) is 15.6. The van der Waals surface area contributed by atoms with Crippen molar-refractivity contribution in [3.63, 3.8) is 0 Å². The zero-order chi connectivity index (χ0) is 16.1. The van der Waals surface area contributed by atoms with Crippen LogP contribution in [0.15, 0.2) is 41.8 Å². The number of anilines is 2. The topological polar surface area (TPSA) is 61.4 Å². The molecule has 0 bridgehead atoms. The van der Waals surface area contributed by atoms with Crippen LogP contribution in [-0.2, 0) is 11.2 Å². The largest absolute Gasteiger partial charge is 0.338 e. The average Bonchev–Trinajstić information content (AvgIpc) is 3.08. The number of amides is 3. The summed E-state index contributed by atoms with van der Waals surface area (Å²) in [6, 6.07) is 11.4. The number of nitrogens with zero attached hydrogens (tertiary/aromatic N) is 1. The minimum absolute atomic E-state index is 0.00173. The Hall–Kier alpha value is -2.34. The highest BCUT2D eigenvalue weighted by Gasteiger charge is 2.18. The fraction of sp³-hybridized carbons (Fsp3) is 0.294. The third kappa shape index (κ3) is 4.10. The van der Waals surface area contributed by atoms with E-state index < -0.39 is 0 Å². The Morgan fingerprint density at radius 2 is 2.09 bits per heavy atom. The van der Waals surface area contributed by atoms with E-state index in [1.807, 2.05) is 41.8 Å². The predicted molar refractivity (Wildman–Crippen MR) is 93.1 cm³/mol. The van der Waals surface area contributed by atoms with Gasteiger partial charge in [0.2, 0.25) is 5.91 Å². The quantitative estimate of drug-likeness (QED) is 0.884. The molecular formula is C17H19N3O2S. The van der Waals surface area contributed by atoms with Gasteiger partial charge in [-0.3, -0.25) is 9.69 Å². The maximum Gasteiger partial charge on any atom is 0.321 e. The van der Waals surface area contributed by atoms with Gasteiger partial charge in [-0.05, 0) is 48.6 Å². The van der Waals surface area contributed by atoms with E-state index in [1.165, 1.54) is 4.88 Å². The smallest absolute Gasteiger partial charge is 0.321 e. The second-order valence-corrected chi connectivity index (χ2v) is 6.44. The Morgan fingerprint density at radius 1 is 1.26 bits per heavy atom. The number of hydrogen-bond donors (Lipinski definition) is 2. The summed E-state index contributed by atoms with van der Waals surface area (Å²) in [5.41, 5.74) is 1.60. The molecule has 6 heteroatoms. The minimum atomic E-state index is -0.0658. The second-order valence-electron chi connectivity index (χ2n) is 5.41. The lowest BCUT2D eigenvalue weighted by Crippen LogP contribution is -2.46. The first-order chi connectivity index (χ1) is 11.2. The van der Waals surface area contributed by atoms with Crippen molar-refractivity contribution < 1.29 is 9.59 Å². The molecule has 1 aromatic carbocycles. The molecule has 5 nitrogen and oxygen atoms in total. The van der Waals surface area contributed by atoms with Gasteiger partial charge in [-0.25, -0.2) is 4.79 Å². The molecule has 1 fully saturated rings. The van der Waals surface area contributed by atoms with Crippen LogP contribution in [-0.4, -0.2) is 25.0 Å². The summed E-state index contributed by atoms with van der Waals surface area (Å²) < 4.78 is 0. The molecular weight excluding hydrogens is 310 g/mol. The maximum absolute atomic E-state index is 12.0. The van der Waals surface area contributed by atoms with Crippen LogP contribution >= 0.6 is 11.3 Å². The van der Waals surface area contributed by atoms with Crippen LogP contribution in [0.4, 0.5) is 16.2 Å². The molecule has 0 aliphatic carbocycles. The average molecular weight is 329 g/mol. The van der Waals surface area contributed by atoms with Crippen LogP contribution < -0.4 is 15.5 Å². The summed E-state index contributed by atoms with van der Waals surface area (Å²) in [6.07, 6.45) is 2.17. The molecule has 23 heavy (non-hydrogen) atoms. The van der Waals surface area contributed by atoms with Crippen LogP contribution in [0.2, 0.25) is 0 Å². The third-order valence-electron chi connectivity index (χ3n) is 3.72. The highest BCUT2D eigenvalue weighted by molar-refractivity contribution is 7.09. The molecule has 1 aliphatic rings. The number of hydrogen-bond acceptors (Lipinski definition) is 3. The molecule has 0 saturated carbocycles. The number of nitrogens with one attached hydrogen (secondary N) is 2. The van der Waals surface area contributed by atoms with E-state index in [4.69, 9.17) is 0 Å². The van der Waals surface area contributed by atoms with E-state index in [0.29, 0.717) is 6.42 Å². The summed E-state index contributed by atoms with van der Waals surface area (Å²) >= 11 is 1.67. The highest BCUT2D eigenvalue weighted by Crippen LogP contribution is 2.20. The standard InChI is InChI=1S/C17H19N3O2S/c21-16(9-8-15-3-1-12-23-15)19-13-4-6-14(7-5-13)20-11-2-10-18-17(20)22/h1,3-7,12H,2,8-11H2,(H,18,22)(H,19,21). The number of benzene rings is 1. The number of carbonyl (C=O) groups excluding carboxylic acids is 2. The fourth-order valence-corrected chi connectivity index (χ4v) is 3.22. The predicted octanol–water partition coefficient (Wildman–Crippen LogP) is 3.24. The highest BCUT2D eigenvalue weighted by atomic mass is 32.1. The molecule has 0 spiro atoms. The van der Waals surface area contributed by atoms with Crippen molar-refractivity contribution in [1.82, 2.24) is 5.32 Å². The fourth-order valence-electron chi connectivity index (χ4n) is 2.52. The van der Waals surface area contributed by atoms with Gasteiger partial charge in [0.15, 0.2) is 0 Å². The first-order valence-corrected chi connectivity index (χ1v) is 8.58. The molecule has 0 atom stereocenters. The molecule has 120 valence electrons. The molecule has 2 N–H and O–H groups in total. The molecule has 0 unspecified atom stereocenters. The van der Waals surface area contributed by atoms with Gasteiger partial charge in [0, 0.05) is 35.8 Å². The number of carbonyl (C=O) groups is 2. The van der Waals surface area contributed by atoms with Crippen molar-refractivity contribution in [2.45, 2.75) is 19.3 Å². The van der Waals surface area contributed by atoms with Crippen molar-refractivity contribution >= 4 is 34.6 Å². The summed E-state index contributed by atoms with van der Waals surface area (Å²) in [7, 11) is 0. The van der Waals surface area contributed by atoms with Crippen molar-refractivity contribution in [2.24, 2.45) is 0 Å². The van der Waals surface area contributed by atoms with E-state index in [1.54, 1.807) is 16.2 Å². The van der Waals surface area contributed by atoms with E-state index in [2.05, 4.69) is 10.6 Å². The van der Waals surface area contributed by atoms with Crippen LogP contribution in [0.5, 0.6) is 0 Å². The maximum atomic E-state index is 12.0. The second kappa shape index (κ2) is 7.28. The van der Waals surface area contributed by atoms with Gasteiger partial charge in [-0.2, -0.15) is 0 Å². The van der Waals surface area contributed by atoms with E-state index in [9.17, 15) is 9.59 Å². The van der Waals surface area contributed by atoms with Crippen LogP contribution in [0.1, 0.15) is 17.7 Å². The van der Waals surface area contributed by atoms with Gasteiger partial charge >= 0.3 is 6.03 Å². The van der Waals surface area contributed by atoms with Crippen molar-refractivity contribution in [1.29, 1.82) is 0 Å². The summed E-state index contributed by atoms with van der Waals surface area (Å²) in [4.78, 5) is 26.7. The number of thiophene rings is 1. The molecule has 0 radical (unpaired) electrons. The lowest BCUT2D eigenvalue weighted by atomic mass is 10.2. The Balaban J connectivity index is 1.54. The van der Waals surface area contributed by atoms with E-state index in [0.717, 1.165) is 37.3 Å². The van der Waals surface area contributed by atoms with Crippen molar-refractivity contribution in [2.75, 3.05) is 23.3 Å². The molecule has 1 aromatic heterocycles. The van der Waals surface area contributed by atoms with Gasteiger partial charge in [-0.1, -0.05) is 6.07 Å². The van der Waals surface area contributed by atoms with Gasteiger partial charge in [0.25, 0.3) is 0 Å². The van der Waals surface area contributed by atoms with Gasteiger partial charge < -0.3 is 10.6 Å². The molecule has 1 aliphatic heterocycles. The molecule has 2 heterocycles. The lowest BCUT2D eigenvalue weighted by Gasteiger charge is -2.27. The van der Waals surface area contributed by atoms with E-state index >= 15 is 0 Å². The van der Waals surface area contributed by atoms with Crippen LogP contribution in [0.3, 0.4) is 0 Å². The zero-order valence-electron chi connectivity index (χ0n) is 12.7. The first-order valence-electron chi connectivity index (χ1n) is 7.70. The molecule has 3 amide bonds. The summed E-state index contributed by atoms with van der Waals surface area (Å²) in [5, 5.41) is 7.73. The van der Waals surface area contributed by atoms with Crippen LogP contribution in [0, 0.1) is 0 Å². The lowest BCUT2D eigenvalue weighted by molar-refractivity contribution is -0.116. The molecule has 1 saturated heterocycles. The Bertz CT molecular complexity index is 668. The number of rotatable bonds is 5. The number of aryl methyl sites for hydroxylation is 1. The van der Waals surface area contributed by atoms with E-state index in [-0.39, 0.29) is 11.9 Å². The Labute approximate surface area is 139 Å². The third-order valence-corrected chi connectivity index (χ3v) is 4.66. The summed E-state index contributed by atoms with van der Waals surface area (Å²) in [5.74, 6) is 0.00173. The Morgan fingerprint density at radius 3 is 2.78 bits per heavy atom. The van der Waals surface area contributed by atoms with Crippen molar-refractivity contribution in [3.05, 3.63) is 46.7 Å². The SMILES string of the molecule is O=C(CCc1cccs1)Nc1ccc(N2CCCNC2=O)cc1. The molecule has 3 rings (SSSR count).